The largest absolute Gasteiger partial charge is 0.457 e. The Morgan fingerprint density at radius 1 is 1.13 bits per heavy atom. The van der Waals surface area contributed by atoms with E-state index in [1.54, 1.807) is 6.92 Å². The van der Waals surface area contributed by atoms with Gasteiger partial charge >= 0.3 is 5.97 Å². The van der Waals surface area contributed by atoms with Gasteiger partial charge in [-0.1, -0.05) is 36.9 Å². The number of aryl methyl sites for hydroxylation is 2. The lowest BCUT2D eigenvalue weighted by Crippen LogP contribution is -2.05. The van der Waals surface area contributed by atoms with Crippen molar-refractivity contribution in [2.24, 2.45) is 0 Å². The van der Waals surface area contributed by atoms with E-state index >= 15 is 0 Å². The van der Waals surface area contributed by atoms with E-state index in [1.165, 1.54) is 0 Å². The maximum atomic E-state index is 11.6. The number of esters is 1. The highest BCUT2D eigenvalue weighted by atomic mass is 16.5. The van der Waals surface area contributed by atoms with Gasteiger partial charge in [-0.2, -0.15) is 0 Å². The number of benzene rings is 2. The first-order valence-corrected chi connectivity index (χ1v) is 7.55. The first-order valence-electron chi connectivity index (χ1n) is 7.55. The van der Waals surface area contributed by atoms with Crippen LogP contribution in [0.2, 0.25) is 0 Å². The second-order valence-corrected chi connectivity index (χ2v) is 5.81. The molecule has 0 aliphatic rings. The van der Waals surface area contributed by atoms with E-state index in [2.05, 4.69) is 12.6 Å². The summed E-state index contributed by atoms with van der Waals surface area (Å²) >= 11 is 0. The molecule has 120 valence electrons. The standard InChI is InChI=1S/C20H22O3/c1-13(2)20(22)23-12-18-10-17(7-5-14(18)3)19-8-6-16(11-21)9-15(19)4/h5-10,21H,1,11-12H2,2-4H3. The zero-order valence-electron chi connectivity index (χ0n) is 13.8. The first kappa shape index (κ1) is 17.0. The van der Waals surface area contributed by atoms with Gasteiger partial charge in [-0.15, -0.1) is 0 Å². The van der Waals surface area contributed by atoms with Crippen LogP contribution >= 0.6 is 0 Å². The summed E-state index contributed by atoms with van der Waals surface area (Å²) in [7, 11) is 0. The first-order chi connectivity index (χ1) is 10.9. The van der Waals surface area contributed by atoms with E-state index in [0.717, 1.165) is 33.4 Å². The Labute approximate surface area is 137 Å². The van der Waals surface area contributed by atoms with E-state index in [9.17, 15) is 9.90 Å². The zero-order valence-corrected chi connectivity index (χ0v) is 13.8. The highest BCUT2D eigenvalue weighted by molar-refractivity contribution is 5.86. The van der Waals surface area contributed by atoms with E-state index in [0.29, 0.717) is 5.57 Å². The summed E-state index contributed by atoms with van der Waals surface area (Å²) in [5, 5.41) is 9.22. The van der Waals surface area contributed by atoms with Crippen molar-refractivity contribution in [3.05, 3.63) is 70.8 Å². The van der Waals surface area contributed by atoms with E-state index in [1.807, 2.05) is 44.2 Å². The number of aliphatic hydroxyl groups excluding tert-OH is 1. The van der Waals surface area contributed by atoms with Crippen molar-refractivity contribution >= 4 is 5.97 Å². The van der Waals surface area contributed by atoms with Crippen molar-refractivity contribution in [2.45, 2.75) is 34.0 Å². The third-order valence-electron chi connectivity index (χ3n) is 3.84. The molecule has 0 bridgehead atoms. The van der Waals surface area contributed by atoms with Crippen LogP contribution in [0.15, 0.2) is 48.6 Å². The Kier molecular flexibility index (Phi) is 5.35. The van der Waals surface area contributed by atoms with Crippen LogP contribution in [0.3, 0.4) is 0 Å². The van der Waals surface area contributed by atoms with Crippen molar-refractivity contribution in [1.82, 2.24) is 0 Å². The minimum atomic E-state index is -0.377. The molecule has 0 saturated heterocycles. The van der Waals surface area contributed by atoms with Crippen molar-refractivity contribution < 1.29 is 14.6 Å². The highest BCUT2D eigenvalue weighted by Gasteiger charge is 2.09. The molecule has 2 rings (SSSR count). The fourth-order valence-corrected chi connectivity index (χ4v) is 2.41. The molecule has 1 N–H and O–H groups in total. The molecule has 0 fully saturated rings. The average molecular weight is 310 g/mol. The van der Waals surface area contributed by atoms with E-state index < -0.39 is 0 Å². The smallest absolute Gasteiger partial charge is 0.333 e. The molecule has 2 aromatic carbocycles. The zero-order chi connectivity index (χ0) is 17.0. The van der Waals surface area contributed by atoms with Crippen LogP contribution in [0.25, 0.3) is 11.1 Å². The van der Waals surface area contributed by atoms with Gasteiger partial charge in [0.2, 0.25) is 0 Å². The lowest BCUT2D eigenvalue weighted by molar-refractivity contribution is -0.140. The summed E-state index contributed by atoms with van der Waals surface area (Å²) in [5.41, 5.74) is 6.62. The third kappa shape index (κ3) is 4.08. The van der Waals surface area contributed by atoms with Crippen LogP contribution in [0.4, 0.5) is 0 Å². The monoisotopic (exact) mass is 310 g/mol. The number of aliphatic hydroxyl groups is 1. The fourth-order valence-electron chi connectivity index (χ4n) is 2.41. The Balaban J connectivity index is 2.29. The molecule has 0 heterocycles. The Morgan fingerprint density at radius 3 is 2.48 bits per heavy atom. The van der Waals surface area contributed by atoms with Gasteiger partial charge in [0.05, 0.1) is 6.61 Å². The summed E-state index contributed by atoms with van der Waals surface area (Å²) < 4.78 is 5.26. The van der Waals surface area contributed by atoms with Crippen molar-refractivity contribution in [3.63, 3.8) is 0 Å². The Morgan fingerprint density at radius 2 is 1.87 bits per heavy atom. The highest BCUT2D eigenvalue weighted by Crippen LogP contribution is 2.27. The van der Waals surface area contributed by atoms with Gasteiger partial charge in [0.25, 0.3) is 0 Å². The number of hydrogen-bond donors (Lipinski definition) is 1. The van der Waals surface area contributed by atoms with Crippen LogP contribution in [0, 0.1) is 13.8 Å². The predicted molar refractivity (Wildman–Crippen MR) is 91.9 cm³/mol. The molecule has 23 heavy (non-hydrogen) atoms. The lowest BCUT2D eigenvalue weighted by atomic mass is 9.95. The second-order valence-electron chi connectivity index (χ2n) is 5.81. The van der Waals surface area contributed by atoms with Crippen molar-refractivity contribution in [3.8, 4) is 11.1 Å². The van der Waals surface area contributed by atoms with Gasteiger partial charge in [-0.25, -0.2) is 4.79 Å². The Hall–Kier alpha value is -2.39. The van der Waals surface area contributed by atoms with Crippen LogP contribution in [-0.2, 0) is 22.7 Å². The molecule has 0 spiro atoms. The summed E-state index contributed by atoms with van der Waals surface area (Å²) in [6, 6.07) is 12.0. The molecule has 0 aliphatic carbocycles. The van der Waals surface area contributed by atoms with Gasteiger partial charge in [0, 0.05) is 5.57 Å². The molecule has 0 atom stereocenters. The molecular formula is C20H22O3. The van der Waals surface area contributed by atoms with Gasteiger partial charge < -0.3 is 9.84 Å². The number of hydrogen-bond acceptors (Lipinski definition) is 3. The Bertz CT molecular complexity index is 745. The minimum absolute atomic E-state index is 0.0388. The average Bonchev–Trinajstić information content (AvgIpc) is 2.53. The molecule has 0 saturated carbocycles. The van der Waals surface area contributed by atoms with Crippen LogP contribution in [-0.4, -0.2) is 11.1 Å². The van der Waals surface area contributed by atoms with Crippen LogP contribution in [0.1, 0.15) is 29.2 Å². The van der Waals surface area contributed by atoms with E-state index in [4.69, 9.17) is 4.74 Å². The van der Waals surface area contributed by atoms with Crippen molar-refractivity contribution in [2.75, 3.05) is 0 Å². The number of carbonyl (C=O) groups excluding carboxylic acids is 1. The molecule has 3 heteroatoms. The summed E-state index contributed by atoms with van der Waals surface area (Å²) in [5.74, 6) is -0.377. The van der Waals surface area contributed by atoms with E-state index in [-0.39, 0.29) is 19.2 Å². The van der Waals surface area contributed by atoms with Gasteiger partial charge in [-0.3, -0.25) is 0 Å². The minimum Gasteiger partial charge on any atom is -0.457 e. The summed E-state index contributed by atoms with van der Waals surface area (Å²) in [4.78, 5) is 11.6. The third-order valence-corrected chi connectivity index (χ3v) is 3.84. The van der Waals surface area contributed by atoms with Gasteiger partial charge in [0.15, 0.2) is 0 Å². The maximum absolute atomic E-state index is 11.6. The van der Waals surface area contributed by atoms with Gasteiger partial charge in [-0.05, 0) is 60.2 Å². The molecule has 0 amide bonds. The molecule has 2 aromatic rings. The van der Waals surface area contributed by atoms with Crippen molar-refractivity contribution in [1.29, 1.82) is 0 Å². The number of ether oxygens (including phenoxy) is 1. The second kappa shape index (κ2) is 7.25. The summed E-state index contributed by atoms with van der Waals surface area (Å²) in [6.45, 7) is 9.52. The molecule has 0 aromatic heterocycles. The topological polar surface area (TPSA) is 46.5 Å². The number of rotatable bonds is 5. The number of carbonyl (C=O) groups is 1. The molecule has 3 nitrogen and oxygen atoms in total. The quantitative estimate of drug-likeness (QED) is 0.668. The lowest BCUT2D eigenvalue weighted by Gasteiger charge is -2.12. The molecule has 0 unspecified atom stereocenters. The fraction of sp³-hybridized carbons (Fsp3) is 0.250. The van der Waals surface area contributed by atoms with Crippen LogP contribution in [0.5, 0.6) is 0 Å². The molecular weight excluding hydrogens is 288 g/mol. The normalized spacial score (nSPS) is 10.4. The van der Waals surface area contributed by atoms with Gasteiger partial charge in [0.1, 0.15) is 6.61 Å². The van der Waals surface area contributed by atoms with Crippen LogP contribution < -0.4 is 0 Å². The SMILES string of the molecule is C=C(C)C(=O)OCc1cc(-c2ccc(CO)cc2C)ccc1C. The maximum Gasteiger partial charge on any atom is 0.333 e. The summed E-state index contributed by atoms with van der Waals surface area (Å²) in [6.07, 6.45) is 0. The molecule has 0 aliphatic heterocycles. The molecule has 0 radical (unpaired) electrons. The predicted octanol–water partition coefficient (Wildman–Crippen LogP) is 4.08.